The molecular formula is C14H19NO4S3. The number of benzene rings is 1. The van der Waals surface area contributed by atoms with Crippen LogP contribution in [-0.2, 0) is 21.1 Å². The number of aryl methyl sites for hydroxylation is 1. The number of rotatable bonds is 4. The van der Waals surface area contributed by atoms with Crippen molar-refractivity contribution in [2.45, 2.75) is 20.4 Å². The Morgan fingerprint density at radius 1 is 1.45 bits per heavy atom. The van der Waals surface area contributed by atoms with E-state index in [2.05, 4.69) is 59.2 Å². The Hall–Kier alpha value is -0.930. The molecule has 0 spiro atoms. The summed E-state index contributed by atoms with van der Waals surface area (Å²) in [4.78, 5) is 1.36. The van der Waals surface area contributed by atoms with Gasteiger partial charge in [0.25, 0.3) is 5.01 Å². The zero-order valence-electron chi connectivity index (χ0n) is 12.9. The summed E-state index contributed by atoms with van der Waals surface area (Å²) in [5.41, 5.74) is 1.34. The van der Waals surface area contributed by atoms with Crippen molar-refractivity contribution in [2.24, 2.45) is 0 Å². The van der Waals surface area contributed by atoms with Crippen LogP contribution < -0.4 is 4.57 Å². The number of thioether (sulfide) groups is 1. The van der Waals surface area contributed by atoms with E-state index >= 15 is 0 Å². The molecule has 0 saturated carbocycles. The van der Waals surface area contributed by atoms with Crippen LogP contribution in [0, 0.1) is 0 Å². The second-order valence-electron chi connectivity index (χ2n) is 4.19. The van der Waals surface area contributed by atoms with Gasteiger partial charge in [-0.2, -0.15) is 4.57 Å². The number of hydrogen-bond acceptors (Lipinski definition) is 6. The van der Waals surface area contributed by atoms with Gasteiger partial charge in [0.1, 0.15) is 11.2 Å². The number of thiazole rings is 1. The van der Waals surface area contributed by atoms with E-state index in [4.69, 9.17) is 0 Å². The molecule has 0 saturated heterocycles. The maximum Gasteiger partial charge on any atom is 0.263 e. The number of fused-ring (bicyclic) bond motifs is 1. The van der Waals surface area contributed by atoms with Crippen LogP contribution in [0.4, 0.5) is 0 Å². The van der Waals surface area contributed by atoms with E-state index in [9.17, 15) is 13.0 Å². The molecule has 2 aromatic rings. The van der Waals surface area contributed by atoms with Crippen molar-refractivity contribution in [1.29, 1.82) is 0 Å². The van der Waals surface area contributed by atoms with Crippen molar-refractivity contribution in [2.75, 3.05) is 13.4 Å². The van der Waals surface area contributed by atoms with Crippen LogP contribution in [0.25, 0.3) is 16.3 Å². The van der Waals surface area contributed by atoms with E-state index in [-0.39, 0.29) is 0 Å². The molecule has 5 nitrogen and oxygen atoms in total. The molecule has 1 heterocycles. The van der Waals surface area contributed by atoms with E-state index in [0.29, 0.717) is 0 Å². The Morgan fingerprint density at radius 2 is 2.05 bits per heavy atom. The van der Waals surface area contributed by atoms with Gasteiger partial charge < -0.3 is 4.55 Å². The van der Waals surface area contributed by atoms with Crippen molar-refractivity contribution in [3.8, 4) is 0 Å². The van der Waals surface area contributed by atoms with Gasteiger partial charge in [-0.15, -0.1) is 11.8 Å². The largest absolute Gasteiger partial charge is 0.726 e. The smallest absolute Gasteiger partial charge is 0.263 e. The number of aromatic nitrogens is 1. The number of allylic oxidation sites excluding steroid dienone is 1. The van der Waals surface area contributed by atoms with E-state index in [0.717, 1.165) is 13.7 Å². The minimum absolute atomic E-state index is 0.808. The third-order valence-electron chi connectivity index (χ3n) is 2.81. The molecule has 0 bridgehead atoms. The molecule has 0 N–H and O–H groups in total. The van der Waals surface area contributed by atoms with Gasteiger partial charge in [0.2, 0.25) is 15.9 Å². The lowest BCUT2D eigenvalue weighted by molar-refractivity contribution is -0.665. The Balaban J connectivity index is 0.000000346. The van der Waals surface area contributed by atoms with Gasteiger partial charge in [0.05, 0.1) is 7.11 Å². The fourth-order valence-electron chi connectivity index (χ4n) is 1.72. The minimum Gasteiger partial charge on any atom is -0.726 e. The molecule has 0 amide bonds. The highest BCUT2D eigenvalue weighted by molar-refractivity contribution is 8.02. The molecule has 0 radical (unpaired) electrons. The summed E-state index contributed by atoms with van der Waals surface area (Å²) in [6.07, 6.45) is 4.40. The van der Waals surface area contributed by atoms with Crippen LogP contribution in [0.1, 0.15) is 18.9 Å². The van der Waals surface area contributed by atoms with Gasteiger partial charge in [-0.3, -0.25) is 4.18 Å². The van der Waals surface area contributed by atoms with Gasteiger partial charge in [0.15, 0.2) is 0 Å². The zero-order valence-corrected chi connectivity index (χ0v) is 15.3. The normalized spacial score (nSPS) is 12.1. The van der Waals surface area contributed by atoms with Crippen molar-refractivity contribution >= 4 is 49.8 Å². The quantitative estimate of drug-likeness (QED) is 0.476. The number of nitrogens with zero attached hydrogens (tertiary/aromatic N) is 1. The summed E-state index contributed by atoms with van der Waals surface area (Å²) in [5.74, 6) is 0. The summed E-state index contributed by atoms with van der Waals surface area (Å²) in [6, 6.07) is 8.60. The van der Waals surface area contributed by atoms with Gasteiger partial charge in [-0.25, -0.2) is 8.42 Å². The predicted octanol–water partition coefficient (Wildman–Crippen LogP) is 3.03. The van der Waals surface area contributed by atoms with Gasteiger partial charge in [0, 0.05) is 12.1 Å². The Morgan fingerprint density at radius 3 is 2.55 bits per heavy atom. The molecule has 0 unspecified atom stereocenters. The fraction of sp³-hybridized carbons (Fsp3) is 0.357. The molecule has 1 aromatic carbocycles. The standard InChI is InChI=1S/C13H16NS2.CH4O4S/c1-4-14-11-7-5-6-8-12(11)16-13(14)9-10(2)15-3;1-5-6(2,3)4/h5-9H,4H2,1-3H3;1H3,(H,2,3,4)/q+1;/p-1/b10-9-;. The Kier molecular flexibility index (Phi) is 7.51. The first-order valence-corrected chi connectivity index (χ1v) is 9.85. The molecule has 8 heteroatoms. The summed E-state index contributed by atoms with van der Waals surface area (Å²) < 4.78 is 34.8. The van der Waals surface area contributed by atoms with Gasteiger partial charge >= 0.3 is 0 Å². The van der Waals surface area contributed by atoms with E-state index < -0.39 is 10.4 Å². The lowest BCUT2D eigenvalue weighted by Crippen LogP contribution is -2.33. The summed E-state index contributed by atoms with van der Waals surface area (Å²) in [7, 11) is -3.60. The summed E-state index contributed by atoms with van der Waals surface area (Å²) in [5, 5.41) is 1.34. The van der Waals surface area contributed by atoms with Crippen molar-refractivity contribution in [1.82, 2.24) is 0 Å². The van der Waals surface area contributed by atoms with Crippen molar-refractivity contribution < 1.29 is 21.7 Å². The molecule has 0 fully saturated rings. The second-order valence-corrected chi connectivity index (χ2v) is 7.45. The fourth-order valence-corrected chi connectivity index (χ4v) is 3.25. The molecule has 0 aliphatic rings. The highest BCUT2D eigenvalue weighted by atomic mass is 32.3. The van der Waals surface area contributed by atoms with Gasteiger partial charge in [-0.1, -0.05) is 23.5 Å². The van der Waals surface area contributed by atoms with E-state index in [1.54, 1.807) is 11.8 Å². The Labute approximate surface area is 139 Å². The third-order valence-corrected chi connectivity index (χ3v) is 5.09. The maximum atomic E-state index is 9.22. The van der Waals surface area contributed by atoms with Crippen LogP contribution in [0.2, 0.25) is 0 Å². The predicted molar refractivity (Wildman–Crippen MR) is 91.6 cm³/mol. The molecule has 0 aliphatic carbocycles. The van der Waals surface area contributed by atoms with E-state index in [1.807, 2.05) is 11.3 Å². The number of para-hydroxylation sites is 1. The highest BCUT2D eigenvalue weighted by Crippen LogP contribution is 2.23. The summed E-state index contributed by atoms with van der Waals surface area (Å²) >= 11 is 3.67. The monoisotopic (exact) mass is 361 g/mol. The van der Waals surface area contributed by atoms with Crippen LogP contribution in [0.3, 0.4) is 0 Å². The van der Waals surface area contributed by atoms with Crippen LogP contribution in [0.15, 0.2) is 29.2 Å². The molecule has 22 heavy (non-hydrogen) atoms. The first kappa shape index (κ1) is 19.1. The third kappa shape index (κ3) is 5.69. The van der Waals surface area contributed by atoms with E-state index in [1.165, 1.54) is 20.1 Å². The second kappa shape index (κ2) is 8.64. The first-order valence-electron chi connectivity index (χ1n) is 6.47. The summed E-state index contributed by atoms with van der Waals surface area (Å²) in [6.45, 7) is 5.39. The van der Waals surface area contributed by atoms with Gasteiger partial charge in [-0.05, 0) is 31.1 Å². The maximum absolute atomic E-state index is 9.22. The van der Waals surface area contributed by atoms with Crippen LogP contribution in [-0.4, -0.2) is 26.3 Å². The molecular weight excluding hydrogens is 342 g/mol. The number of hydrogen-bond donors (Lipinski definition) is 0. The van der Waals surface area contributed by atoms with Crippen molar-refractivity contribution in [3.63, 3.8) is 0 Å². The lowest BCUT2D eigenvalue weighted by atomic mass is 10.3. The molecule has 0 aliphatic heterocycles. The van der Waals surface area contributed by atoms with Crippen LogP contribution >= 0.6 is 23.1 Å². The molecule has 2 rings (SSSR count). The lowest BCUT2D eigenvalue weighted by Gasteiger charge is -1.98. The average Bonchev–Trinajstić information content (AvgIpc) is 2.83. The molecule has 1 aromatic heterocycles. The highest BCUT2D eigenvalue weighted by Gasteiger charge is 2.16. The SMILES string of the molecule is CC[n+]1c(/C=C(/C)SC)sc2ccccc21.COS(=O)(=O)[O-]. The minimum atomic E-state index is -4.41. The molecule has 122 valence electrons. The first-order chi connectivity index (χ1) is 10.3. The molecule has 0 atom stereocenters. The topological polar surface area (TPSA) is 70.3 Å². The van der Waals surface area contributed by atoms with Crippen molar-refractivity contribution in [3.05, 3.63) is 34.2 Å². The average molecular weight is 362 g/mol. The Bertz CT molecular complexity index is 751. The van der Waals surface area contributed by atoms with Crippen LogP contribution in [0.5, 0.6) is 0 Å². The zero-order chi connectivity index (χ0) is 16.8.